The van der Waals surface area contributed by atoms with Crippen molar-refractivity contribution in [3.63, 3.8) is 0 Å². The first-order valence-corrected chi connectivity index (χ1v) is 7.80. The second-order valence-electron chi connectivity index (χ2n) is 5.88. The molecule has 0 unspecified atom stereocenters. The summed E-state index contributed by atoms with van der Waals surface area (Å²) in [7, 11) is 0. The van der Waals surface area contributed by atoms with Crippen LogP contribution in [0.15, 0.2) is 64.3 Å². The number of hydrogen-bond donors (Lipinski definition) is 2. The van der Waals surface area contributed by atoms with Gasteiger partial charge in [0.1, 0.15) is 11.5 Å². The summed E-state index contributed by atoms with van der Waals surface area (Å²) in [6, 6.07) is 10.4. The highest BCUT2D eigenvalue weighted by Crippen LogP contribution is 2.47. The Morgan fingerprint density at radius 3 is 2.77 bits per heavy atom. The quantitative estimate of drug-likeness (QED) is 0.818. The summed E-state index contributed by atoms with van der Waals surface area (Å²) in [5.41, 5.74) is 0.248. The van der Waals surface area contributed by atoms with Crippen LogP contribution in [0.3, 0.4) is 0 Å². The summed E-state index contributed by atoms with van der Waals surface area (Å²) < 4.78 is 5.36. The third kappa shape index (κ3) is 2.23. The Labute approximate surface area is 147 Å². The van der Waals surface area contributed by atoms with E-state index in [4.69, 9.17) is 9.52 Å². The number of hydrogen-bond acceptors (Lipinski definition) is 5. The van der Waals surface area contributed by atoms with E-state index in [0.717, 1.165) is 17.2 Å². The standard InChI is InChI=1S/C18H13N3O5/c22-15(7-8-16(23)24)21-18(10-13(20-21)14-6-3-9-26-14)11-4-1-2-5-12(11)19-17(18)25/h1-9H,10H2,(H,19,25)(H,23,24)/b8-7-/t18-/m0/s1. The van der Waals surface area contributed by atoms with Crippen LogP contribution in [-0.4, -0.2) is 33.6 Å². The molecule has 2 amide bonds. The van der Waals surface area contributed by atoms with Gasteiger partial charge >= 0.3 is 5.97 Å². The van der Waals surface area contributed by atoms with Crippen LogP contribution < -0.4 is 5.32 Å². The fourth-order valence-electron chi connectivity index (χ4n) is 3.27. The zero-order chi connectivity index (χ0) is 18.3. The maximum Gasteiger partial charge on any atom is 0.328 e. The van der Waals surface area contributed by atoms with Crippen molar-refractivity contribution >= 4 is 29.2 Å². The maximum absolute atomic E-state index is 12.9. The lowest BCUT2D eigenvalue weighted by atomic mass is 9.86. The highest BCUT2D eigenvalue weighted by molar-refractivity contribution is 6.15. The minimum atomic E-state index is -1.38. The van der Waals surface area contributed by atoms with Crippen molar-refractivity contribution < 1.29 is 23.9 Å². The number of carboxylic acids is 1. The summed E-state index contributed by atoms with van der Waals surface area (Å²) >= 11 is 0. The highest BCUT2D eigenvalue weighted by Gasteiger charge is 2.57. The molecule has 2 aliphatic heterocycles. The monoisotopic (exact) mass is 351 g/mol. The van der Waals surface area contributed by atoms with Crippen molar-refractivity contribution in [2.24, 2.45) is 5.10 Å². The Morgan fingerprint density at radius 2 is 2.04 bits per heavy atom. The van der Waals surface area contributed by atoms with Crippen molar-refractivity contribution in [3.8, 4) is 0 Å². The average molecular weight is 351 g/mol. The predicted octanol–water partition coefficient (Wildman–Crippen LogP) is 1.70. The number of carbonyl (C=O) groups excluding carboxylic acids is 2. The number of furan rings is 1. The van der Waals surface area contributed by atoms with Crippen molar-refractivity contribution in [1.29, 1.82) is 0 Å². The van der Waals surface area contributed by atoms with E-state index in [-0.39, 0.29) is 6.42 Å². The van der Waals surface area contributed by atoms with Gasteiger partial charge in [0.25, 0.3) is 11.8 Å². The molecular weight excluding hydrogens is 338 g/mol. The summed E-state index contributed by atoms with van der Waals surface area (Å²) in [5.74, 6) is -1.93. The molecule has 2 N–H and O–H groups in total. The molecule has 130 valence electrons. The molecule has 0 bridgehead atoms. The molecule has 0 aliphatic carbocycles. The van der Waals surface area contributed by atoms with Gasteiger partial charge in [-0.1, -0.05) is 18.2 Å². The van der Waals surface area contributed by atoms with Gasteiger partial charge in [0, 0.05) is 29.8 Å². The second kappa shape index (κ2) is 5.69. The number of benzene rings is 1. The minimum Gasteiger partial charge on any atom is -0.478 e. The first-order chi connectivity index (χ1) is 12.5. The van der Waals surface area contributed by atoms with E-state index in [1.807, 2.05) is 0 Å². The fourth-order valence-corrected chi connectivity index (χ4v) is 3.27. The van der Waals surface area contributed by atoms with Crippen molar-refractivity contribution in [1.82, 2.24) is 5.01 Å². The average Bonchev–Trinajstić information content (AvgIpc) is 3.33. The van der Waals surface area contributed by atoms with Crippen LogP contribution >= 0.6 is 0 Å². The number of nitrogens with one attached hydrogen (secondary N) is 1. The summed E-state index contributed by atoms with van der Waals surface area (Å²) in [6.45, 7) is 0. The molecule has 4 rings (SSSR count). The predicted molar refractivity (Wildman–Crippen MR) is 90.2 cm³/mol. The molecule has 0 saturated heterocycles. The number of hydrazone groups is 1. The van der Waals surface area contributed by atoms with Crippen molar-refractivity contribution in [2.45, 2.75) is 12.0 Å². The number of carboxylic acid groups (broad SMARTS) is 1. The SMILES string of the molecule is O=C(O)/C=C\C(=O)N1N=C(c2ccco2)C[C@]12C(=O)Nc1ccccc12. The molecule has 2 aromatic rings. The molecule has 1 spiro atoms. The van der Waals surface area contributed by atoms with Crippen LogP contribution in [0.5, 0.6) is 0 Å². The van der Waals surface area contributed by atoms with Gasteiger partial charge in [-0.15, -0.1) is 0 Å². The number of anilines is 1. The summed E-state index contributed by atoms with van der Waals surface area (Å²) in [6.07, 6.45) is 3.19. The Balaban J connectivity index is 1.84. The topological polar surface area (TPSA) is 112 Å². The van der Waals surface area contributed by atoms with Gasteiger partial charge in [-0.05, 0) is 18.2 Å². The summed E-state index contributed by atoms with van der Waals surface area (Å²) in [5, 5.41) is 16.9. The highest BCUT2D eigenvalue weighted by atomic mass is 16.4. The van der Waals surface area contributed by atoms with Gasteiger partial charge in [-0.2, -0.15) is 5.10 Å². The van der Waals surface area contributed by atoms with E-state index < -0.39 is 23.3 Å². The maximum atomic E-state index is 12.9. The molecule has 1 aromatic heterocycles. The van der Waals surface area contributed by atoms with Crippen molar-refractivity contribution in [3.05, 3.63) is 66.1 Å². The Hall–Kier alpha value is -3.68. The molecule has 0 saturated carbocycles. The zero-order valence-corrected chi connectivity index (χ0v) is 13.4. The van der Waals surface area contributed by atoms with Crippen LogP contribution in [-0.2, 0) is 19.9 Å². The molecule has 1 aromatic carbocycles. The van der Waals surface area contributed by atoms with Crippen LogP contribution in [0.1, 0.15) is 17.7 Å². The van der Waals surface area contributed by atoms with Gasteiger partial charge in [-0.25, -0.2) is 9.80 Å². The van der Waals surface area contributed by atoms with E-state index in [0.29, 0.717) is 22.7 Å². The van der Waals surface area contributed by atoms with Crippen LogP contribution in [0.25, 0.3) is 0 Å². The first kappa shape index (κ1) is 15.8. The molecule has 8 nitrogen and oxygen atoms in total. The van der Waals surface area contributed by atoms with E-state index >= 15 is 0 Å². The van der Waals surface area contributed by atoms with E-state index in [2.05, 4.69) is 10.4 Å². The number of carbonyl (C=O) groups is 3. The number of fused-ring (bicyclic) bond motifs is 2. The van der Waals surface area contributed by atoms with E-state index in [9.17, 15) is 14.4 Å². The van der Waals surface area contributed by atoms with Gasteiger partial charge in [0.2, 0.25) is 0 Å². The van der Waals surface area contributed by atoms with Gasteiger partial charge in [-0.3, -0.25) is 9.59 Å². The number of para-hydroxylation sites is 1. The molecule has 0 radical (unpaired) electrons. The summed E-state index contributed by atoms with van der Waals surface area (Å²) in [4.78, 5) is 36.3. The van der Waals surface area contributed by atoms with Crippen LogP contribution in [0.2, 0.25) is 0 Å². The molecule has 0 fully saturated rings. The van der Waals surface area contributed by atoms with E-state index in [1.165, 1.54) is 6.26 Å². The molecule has 26 heavy (non-hydrogen) atoms. The largest absolute Gasteiger partial charge is 0.478 e. The van der Waals surface area contributed by atoms with E-state index in [1.54, 1.807) is 36.4 Å². The lowest BCUT2D eigenvalue weighted by Gasteiger charge is -2.29. The second-order valence-corrected chi connectivity index (χ2v) is 5.88. The molecule has 2 aliphatic rings. The van der Waals surface area contributed by atoms with Gasteiger partial charge in [0.05, 0.1) is 6.26 Å². The Kier molecular flexibility index (Phi) is 3.47. The normalized spacial score (nSPS) is 21.2. The Morgan fingerprint density at radius 1 is 1.23 bits per heavy atom. The fraction of sp³-hybridized carbons (Fsp3) is 0.111. The smallest absolute Gasteiger partial charge is 0.328 e. The number of aliphatic carboxylic acids is 1. The zero-order valence-electron chi connectivity index (χ0n) is 13.4. The molecule has 1 atom stereocenters. The molecule has 8 heteroatoms. The third-order valence-corrected chi connectivity index (χ3v) is 4.38. The van der Waals surface area contributed by atoms with Crippen LogP contribution in [0, 0.1) is 0 Å². The number of rotatable bonds is 3. The van der Waals surface area contributed by atoms with Crippen molar-refractivity contribution in [2.75, 3.05) is 5.32 Å². The lowest BCUT2D eigenvalue weighted by Crippen LogP contribution is -2.48. The van der Waals surface area contributed by atoms with Gasteiger partial charge in [0.15, 0.2) is 5.54 Å². The third-order valence-electron chi connectivity index (χ3n) is 4.38. The number of nitrogens with zero attached hydrogens (tertiary/aromatic N) is 2. The van der Waals surface area contributed by atoms with Crippen LogP contribution in [0.4, 0.5) is 5.69 Å². The minimum absolute atomic E-state index is 0.121. The first-order valence-electron chi connectivity index (χ1n) is 7.80. The molecular formula is C18H13N3O5. The number of amides is 2. The molecule has 3 heterocycles. The Bertz CT molecular complexity index is 976. The van der Waals surface area contributed by atoms with Gasteiger partial charge < -0.3 is 14.8 Å². The lowest BCUT2D eigenvalue weighted by molar-refractivity contribution is -0.140.